The van der Waals surface area contributed by atoms with Crippen LogP contribution < -0.4 is 14.8 Å². The number of methoxy groups -OCH3 is 2. The second-order valence-corrected chi connectivity index (χ2v) is 4.99. The minimum absolute atomic E-state index is 0.729. The van der Waals surface area contributed by atoms with E-state index in [0.29, 0.717) is 0 Å². The number of hydrogen-bond acceptors (Lipinski definition) is 3. The largest absolute Gasteiger partial charge is 0.493 e. The Labute approximate surface area is 123 Å². The summed E-state index contributed by atoms with van der Waals surface area (Å²) in [6.45, 7) is 1.75. The fourth-order valence-electron chi connectivity index (χ4n) is 1.73. The molecule has 0 saturated carbocycles. The standard InChI is InChI=1S/C15H20BrNO2/c1-4-5-6-7-8-17-11-12-9-14(18-2)15(19-3)10-13(12)16/h1,9-10,17H,5-8,11H2,2-3H3. The van der Waals surface area contributed by atoms with Gasteiger partial charge in [0.15, 0.2) is 11.5 Å². The number of unbranched alkanes of at least 4 members (excludes halogenated alkanes) is 2. The highest BCUT2D eigenvalue weighted by molar-refractivity contribution is 9.10. The lowest BCUT2D eigenvalue weighted by molar-refractivity contribution is 0.354. The van der Waals surface area contributed by atoms with Gasteiger partial charge in [-0.2, -0.15) is 0 Å². The molecule has 0 fully saturated rings. The summed E-state index contributed by atoms with van der Waals surface area (Å²) in [4.78, 5) is 0. The van der Waals surface area contributed by atoms with Gasteiger partial charge < -0.3 is 14.8 Å². The second-order valence-electron chi connectivity index (χ2n) is 4.14. The summed E-state index contributed by atoms with van der Waals surface area (Å²) in [5, 5.41) is 3.40. The van der Waals surface area contributed by atoms with Gasteiger partial charge in [-0.25, -0.2) is 0 Å². The Kier molecular flexibility index (Phi) is 7.39. The summed E-state index contributed by atoms with van der Waals surface area (Å²) >= 11 is 3.54. The number of terminal acetylenes is 1. The van der Waals surface area contributed by atoms with E-state index in [9.17, 15) is 0 Å². The molecular weight excluding hydrogens is 306 g/mol. The van der Waals surface area contributed by atoms with Crippen LogP contribution in [0.2, 0.25) is 0 Å². The maximum Gasteiger partial charge on any atom is 0.161 e. The molecule has 0 aromatic heterocycles. The van der Waals surface area contributed by atoms with Gasteiger partial charge >= 0.3 is 0 Å². The minimum Gasteiger partial charge on any atom is -0.493 e. The third-order valence-corrected chi connectivity index (χ3v) is 3.53. The maximum atomic E-state index is 5.30. The predicted molar refractivity (Wildman–Crippen MR) is 81.6 cm³/mol. The third kappa shape index (κ3) is 5.14. The average Bonchev–Trinajstić information content (AvgIpc) is 2.43. The van der Waals surface area contributed by atoms with Crippen molar-refractivity contribution in [1.29, 1.82) is 0 Å². The number of benzene rings is 1. The van der Waals surface area contributed by atoms with E-state index in [4.69, 9.17) is 15.9 Å². The lowest BCUT2D eigenvalue weighted by atomic mass is 10.2. The van der Waals surface area contributed by atoms with Crippen LogP contribution in [0.15, 0.2) is 16.6 Å². The Morgan fingerprint density at radius 2 is 1.89 bits per heavy atom. The molecule has 3 nitrogen and oxygen atoms in total. The molecule has 1 rings (SSSR count). The minimum atomic E-state index is 0.729. The third-order valence-electron chi connectivity index (χ3n) is 2.79. The Morgan fingerprint density at radius 3 is 2.53 bits per heavy atom. The van der Waals surface area contributed by atoms with Crippen molar-refractivity contribution < 1.29 is 9.47 Å². The van der Waals surface area contributed by atoms with E-state index in [-0.39, 0.29) is 0 Å². The zero-order valence-electron chi connectivity index (χ0n) is 11.5. The van der Waals surface area contributed by atoms with Gasteiger partial charge in [-0.05, 0) is 37.1 Å². The van der Waals surface area contributed by atoms with Gasteiger partial charge in [0, 0.05) is 17.4 Å². The Morgan fingerprint density at radius 1 is 1.21 bits per heavy atom. The number of hydrogen-bond donors (Lipinski definition) is 1. The molecule has 0 saturated heterocycles. The van der Waals surface area contributed by atoms with Crippen LogP contribution in [0.1, 0.15) is 24.8 Å². The molecule has 0 unspecified atom stereocenters. The van der Waals surface area contributed by atoms with Gasteiger partial charge in [-0.3, -0.25) is 0 Å². The van der Waals surface area contributed by atoms with Crippen molar-refractivity contribution in [1.82, 2.24) is 5.32 Å². The molecule has 1 N–H and O–H groups in total. The van der Waals surface area contributed by atoms with Gasteiger partial charge in [-0.1, -0.05) is 15.9 Å². The molecule has 1 aromatic rings. The molecule has 4 heteroatoms. The average molecular weight is 326 g/mol. The first-order valence-corrected chi connectivity index (χ1v) is 7.06. The molecule has 0 spiro atoms. The predicted octanol–water partition coefficient (Wildman–Crippen LogP) is 3.36. The topological polar surface area (TPSA) is 30.5 Å². The van der Waals surface area contributed by atoms with Crippen LogP contribution in [0.4, 0.5) is 0 Å². The van der Waals surface area contributed by atoms with Gasteiger partial charge in [0.25, 0.3) is 0 Å². The first-order chi connectivity index (χ1) is 9.22. The number of rotatable bonds is 8. The molecule has 1 aromatic carbocycles. The van der Waals surface area contributed by atoms with Crippen molar-refractivity contribution in [2.24, 2.45) is 0 Å². The molecule has 19 heavy (non-hydrogen) atoms. The SMILES string of the molecule is C#CCCCCNCc1cc(OC)c(OC)cc1Br. The van der Waals surface area contributed by atoms with Gasteiger partial charge in [0.1, 0.15) is 0 Å². The fourth-order valence-corrected chi connectivity index (χ4v) is 2.19. The van der Waals surface area contributed by atoms with Crippen LogP contribution >= 0.6 is 15.9 Å². The molecule has 0 radical (unpaired) electrons. The van der Waals surface area contributed by atoms with Crippen molar-refractivity contribution >= 4 is 15.9 Å². The van der Waals surface area contributed by atoms with Gasteiger partial charge in [0.05, 0.1) is 14.2 Å². The summed E-state index contributed by atoms with van der Waals surface area (Å²) in [7, 11) is 3.27. The smallest absolute Gasteiger partial charge is 0.161 e. The number of ether oxygens (including phenoxy) is 2. The van der Waals surface area contributed by atoms with E-state index in [1.54, 1.807) is 14.2 Å². The van der Waals surface area contributed by atoms with Crippen molar-refractivity contribution in [3.8, 4) is 23.8 Å². The molecule has 0 atom stereocenters. The van der Waals surface area contributed by atoms with Crippen LogP contribution in [-0.4, -0.2) is 20.8 Å². The van der Waals surface area contributed by atoms with Crippen LogP contribution in [0, 0.1) is 12.3 Å². The molecular formula is C15H20BrNO2. The molecule has 0 bridgehead atoms. The number of halogens is 1. The summed E-state index contributed by atoms with van der Waals surface area (Å²) in [5.74, 6) is 4.12. The van der Waals surface area contributed by atoms with Crippen LogP contribution in [-0.2, 0) is 6.54 Å². The summed E-state index contributed by atoms with van der Waals surface area (Å²) in [6.07, 6.45) is 8.22. The molecule has 0 amide bonds. The van der Waals surface area contributed by atoms with Crippen molar-refractivity contribution in [3.63, 3.8) is 0 Å². The Hall–Kier alpha value is -1.18. The normalized spacial score (nSPS) is 10.0. The molecule has 0 heterocycles. The highest BCUT2D eigenvalue weighted by Crippen LogP contribution is 2.33. The molecule has 0 aliphatic heterocycles. The van der Waals surface area contributed by atoms with E-state index in [2.05, 4.69) is 27.2 Å². The Balaban J connectivity index is 2.52. The molecule has 0 aliphatic rings. The molecule has 104 valence electrons. The van der Waals surface area contributed by atoms with E-state index < -0.39 is 0 Å². The highest BCUT2D eigenvalue weighted by Gasteiger charge is 2.08. The van der Waals surface area contributed by atoms with Crippen LogP contribution in [0.25, 0.3) is 0 Å². The first-order valence-electron chi connectivity index (χ1n) is 6.27. The highest BCUT2D eigenvalue weighted by atomic mass is 79.9. The van der Waals surface area contributed by atoms with E-state index in [1.807, 2.05) is 12.1 Å². The quantitative estimate of drug-likeness (QED) is 0.587. The number of nitrogens with one attached hydrogen (secondary N) is 1. The summed E-state index contributed by atoms with van der Waals surface area (Å²) < 4.78 is 11.6. The molecule has 0 aliphatic carbocycles. The monoisotopic (exact) mass is 325 g/mol. The zero-order chi connectivity index (χ0) is 14.1. The fraction of sp³-hybridized carbons (Fsp3) is 0.467. The van der Waals surface area contributed by atoms with E-state index >= 15 is 0 Å². The first kappa shape index (κ1) is 15.9. The summed E-state index contributed by atoms with van der Waals surface area (Å²) in [5.41, 5.74) is 1.15. The van der Waals surface area contributed by atoms with Crippen molar-refractivity contribution in [2.75, 3.05) is 20.8 Å². The lowest BCUT2D eigenvalue weighted by Gasteiger charge is -2.12. The van der Waals surface area contributed by atoms with Crippen molar-refractivity contribution in [3.05, 3.63) is 22.2 Å². The van der Waals surface area contributed by atoms with Crippen molar-refractivity contribution in [2.45, 2.75) is 25.8 Å². The van der Waals surface area contributed by atoms with Crippen LogP contribution in [0.3, 0.4) is 0 Å². The zero-order valence-corrected chi connectivity index (χ0v) is 13.0. The van der Waals surface area contributed by atoms with Gasteiger partial charge in [-0.15, -0.1) is 12.3 Å². The van der Waals surface area contributed by atoms with E-state index in [0.717, 1.165) is 53.9 Å². The van der Waals surface area contributed by atoms with Crippen LogP contribution in [0.5, 0.6) is 11.5 Å². The summed E-state index contributed by atoms with van der Waals surface area (Å²) in [6, 6.07) is 3.91. The van der Waals surface area contributed by atoms with E-state index in [1.165, 1.54) is 0 Å². The lowest BCUT2D eigenvalue weighted by Crippen LogP contribution is -2.15. The maximum absolute atomic E-state index is 5.30. The van der Waals surface area contributed by atoms with Gasteiger partial charge in [0.2, 0.25) is 0 Å². The Bertz CT molecular complexity index is 441. The second kappa shape index (κ2) is 8.84.